The lowest BCUT2D eigenvalue weighted by atomic mass is 10.0. The number of hydrogen-bond donors (Lipinski definition) is 2. The highest BCUT2D eigenvalue weighted by molar-refractivity contribution is 5.97. The lowest BCUT2D eigenvalue weighted by Crippen LogP contribution is -2.38. The summed E-state index contributed by atoms with van der Waals surface area (Å²) < 4.78 is 43.6. The van der Waals surface area contributed by atoms with E-state index < -0.39 is 17.7 Å². The molecule has 0 radical (unpaired) electrons. The third kappa shape index (κ3) is 2.51. The molecule has 0 aromatic heterocycles. The Morgan fingerprint density at radius 3 is 2.45 bits per heavy atom. The average Bonchev–Trinajstić information content (AvgIpc) is 2.34. The Morgan fingerprint density at radius 1 is 1.40 bits per heavy atom. The number of carbonyl (C=O) groups is 1. The van der Waals surface area contributed by atoms with Crippen molar-refractivity contribution in [2.75, 3.05) is 30.6 Å². The number of benzene rings is 1. The van der Waals surface area contributed by atoms with Gasteiger partial charge in [0.1, 0.15) is 0 Å². The van der Waals surface area contributed by atoms with Crippen LogP contribution in [0.5, 0.6) is 0 Å². The largest absolute Gasteiger partial charge is 0.465 e. The number of hydrogen-bond acceptors (Lipinski definition) is 5. The summed E-state index contributed by atoms with van der Waals surface area (Å²) in [7, 11) is 1.12. The van der Waals surface area contributed by atoms with E-state index in [1.165, 1.54) is 4.90 Å². The molecule has 20 heavy (non-hydrogen) atoms. The molecule has 0 aliphatic carbocycles. The van der Waals surface area contributed by atoms with Gasteiger partial charge < -0.3 is 9.64 Å². The van der Waals surface area contributed by atoms with E-state index in [4.69, 9.17) is 5.21 Å². The van der Waals surface area contributed by atoms with Gasteiger partial charge in [0.15, 0.2) is 0 Å². The van der Waals surface area contributed by atoms with Crippen molar-refractivity contribution in [1.29, 1.82) is 0 Å². The smallest absolute Gasteiger partial charge is 0.418 e. The van der Waals surface area contributed by atoms with Gasteiger partial charge in [-0.05, 0) is 18.6 Å². The van der Waals surface area contributed by atoms with Crippen LogP contribution in [0.4, 0.5) is 24.5 Å². The van der Waals surface area contributed by atoms with E-state index in [0.29, 0.717) is 19.2 Å². The fraction of sp³-hybridized carbons (Fsp3) is 0.417. The minimum atomic E-state index is -4.58. The summed E-state index contributed by atoms with van der Waals surface area (Å²) in [5.74, 6) is -0.822. The highest BCUT2D eigenvalue weighted by Crippen LogP contribution is 2.41. The van der Waals surface area contributed by atoms with Crippen molar-refractivity contribution in [3.05, 3.63) is 23.3 Å². The number of nitrogens with one attached hydrogen (secondary N) is 1. The van der Waals surface area contributed by atoms with E-state index >= 15 is 0 Å². The Labute approximate surface area is 112 Å². The first-order valence-corrected chi connectivity index (χ1v) is 5.87. The molecule has 0 spiro atoms. The minimum absolute atomic E-state index is 0.0804. The van der Waals surface area contributed by atoms with E-state index in [9.17, 15) is 18.0 Å². The average molecular weight is 290 g/mol. The molecule has 1 aromatic rings. The monoisotopic (exact) mass is 290 g/mol. The molecule has 8 heteroatoms. The van der Waals surface area contributed by atoms with Gasteiger partial charge in [0.05, 0.1) is 23.9 Å². The number of halogens is 3. The zero-order valence-electron chi connectivity index (χ0n) is 10.6. The molecule has 1 aliphatic heterocycles. The topological polar surface area (TPSA) is 61.8 Å². The molecule has 0 atom stereocenters. The lowest BCUT2D eigenvalue weighted by molar-refractivity contribution is -0.137. The molecule has 1 saturated heterocycles. The number of nitrogens with zero attached hydrogens (tertiary/aromatic N) is 1. The molecule has 5 nitrogen and oxygen atoms in total. The van der Waals surface area contributed by atoms with Gasteiger partial charge >= 0.3 is 12.1 Å². The summed E-state index contributed by atoms with van der Waals surface area (Å²) in [6, 6.07) is 1.80. The van der Waals surface area contributed by atoms with Gasteiger partial charge in [-0.15, -0.1) is 0 Å². The maximum Gasteiger partial charge on any atom is 0.418 e. The Bertz CT molecular complexity index is 527. The molecule has 0 amide bonds. The summed E-state index contributed by atoms with van der Waals surface area (Å²) in [5, 5.41) is 8.91. The molecule has 1 fully saturated rings. The number of rotatable bonds is 3. The van der Waals surface area contributed by atoms with Crippen molar-refractivity contribution in [2.45, 2.75) is 12.6 Å². The van der Waals surface area contributed by atoms with Crippen molar-refractivity contribution < 1.29 is 27.9 Å². The number of carbonyl (C=O) groups excluding carboxylic acids is 1. The third-order valence-electron chi connectivity index (χ3n) is 3.16. The first-order chi connectivity index (χ1) is 9.38. The number of anilines is 2. The van der Waals surface area contributed by atoms with Crippen LogP contribution in [0.25, 0.3) is 0 Å². The van der Waals surface area contributed by atoms with Crippen LogP contribution in [0.3, 0.4) is 0 Å². The van der Waals surface area contributed by atoms with Crippen molar-refractivity contribution in [1.82, 2.24) is 0 Å². The van der Waals surface area contributed by atoms with Crippen LogP contribution in [-0.2, 0) is 10.9 Å². The van der Waals surface area contributed by atoms with Crippen LogP contribution >= 0.6 is 0 Å². The van der Waals surface area contributed by atoms with Crippen molar-refractivity contribution in [3.63, 3.8) is 0 Å². The number of ether oxygens (including phenoxy) is 1. The van der Waals surface area contributed by atoms with Crippen molar-refractivity contribution in [3.8, 4) is 0 Å². The summed E-state index contributed by atoms with van der Waals surface area (Å²) in [5.41, 5.74) is 0.137. The van der Waals surface area contributed by atoms with Crippen LogP contribution in [0.15, 0.2) is 12.1 Å². The van der Waals surface area contributed by atoms with Crippen molar-refractivity contribution in [2.24, 2.45) is 0 Å². The quantitative estimate of drug-likeness (QED) is 0.661. The first-order valence-electron chi connectivity index (χ1n) is 5.87. The van der Waals surface area contributed by atoms with E-state index in [-0.39, 0.29) is 16.9 Å². The molecule has 0 unspecified atom stereocenters. The molecule has 2 N–H and O–H groups in total. The standard InChI is InChI=1S/C12H13F3N2O3/c1-20-11(18)7-5-10(17-3-2-4-17)8(12(13,14)15)6-9(7)16-19/h5-6,16,19H,2-4H2,1H3. The number of esters is 1. The van der Waals surface area contributed by atoms with Crippen LogP contribution < -0.4 is 10.4 Å². The fourth-order valence-corrected chi connectivity index (χ4v) is 2.01. The van der Waals surface area contributed by atoms with E-state index in [1.54, 1.807) is 5.48 Å². The van der Waals surface area contributed by atoms with Gasteiger partial charge in [-0.2, -0.15) is 13.2 Å². The predicted octanol–water partition coefficient (Wildman–Crippen LogP) is 2.50. The maximum absolute atomic E-state index is 13.0. The van der Waals surface area contributed by atoms with Gasteiger partial charge in [0, 0.05) is 18.8 Å². The zero-order chi connectivity index (χ0) is 14.9. The number of methoxy groups -OCH3 is 1. The maximum atomic E-state index is 13.0. The second-order valence-electron chi connectivity index (χ2n) is 4.36. The Balaban J connectivity index is 2.59. The predicted molar refractivity (Wildman–Crippen MR) is 65.0 cm³/mol. The Kier molecular flexibility index (Phi) is 3.76. The fourth-order valence-electron chi connectivity index (χ4n) is 2.01. The van der Waals surface area contributed by atoms with E-state index in [0.717, 1.165) is 19.6 Å². The van der Waals surface area contributed by atoms with Crippen LogP contribution in [0.1, 0.15) is 22.3 Å². The molecule has 2 rings (SSSR count). The van der Waals surface area contributed by atoms with E-state index in [2.05, 4.69) is 4.74 Å². The first kappa shape index (κ1) is 14.4. The van der Waals surface area contributed by atoms with Crippen LogP contribution in [0.2, 0.25) is 0 Å². The van der Waals surface area contributed by atoms with Crippen molar-refractivity contribution >= 4 is 17.3 Å². The lowest BCUT2D eigenvalue weighted by Gasteiger charge is -2.35. The minimum Gasteiger partial charge on any atom is -0.465 e. The second-order valence-corrected chi connectivity index (χ2v) is 4.36. The molecule has 1 aliphatic rings. The highest BCUT2D eigenvalue weighted by atomic mass is 19.4. The summed E-state index contributed by atoms with van der Waals surface area (Å²) in [6.45, 7) is 0.991. The third-order valence-corrected chi connectivity index (χ3v) is 3.16. The van der Waals surface area contributed by atoms with Crippen LogP contribution in [0, 0.1) is 0 Å². The number of alkyl halides is 3. The summed E-state index contributed by atoms with van der Waals surface area (Å²) in [6.07, 6.45) is -3.78. The molecule has 1 aromatic carbocycles. The molecular formula is C12H13F3N2O3. The normalized spacial score (nSPS) is 14.8. The van der Waals surface area contributed by atoms with Gasteiger partial charge in [0.25, 0.3) is 0 Å². The van der Waals surface area contributed by atoms with Gasteiger partial charge in [-0.25, -0.2) is 4.79 Å². The van der Waals surface area contributed by atoms with Gasteiger partial charge in [-0.1, -0.05) is 0 Å². The SMILES string of the molecule is COC(=O)c1cc(N2CCC2)c(C(F)(F)F)cc1NO. The molecular weight excluding hydrogens is 277 g/mol. The molecule has 110 valence electrons. The summed E-state index contributed by atoms with van der Waals surface area (Å²) in [4.78, 5) is 13.1. The Hall–Kier alpha value is -1.96. The van der Waals surface area contributed by atoms with E-state index in [1.807, 2.05) is 0 Å². The Morgan fingerprint density at radius 2 is 2.05 bits per heavy atom. The van der Waals surface area contributed by atoms with Gasteiger partial charge in [-0.3, -0.25) is 10.7 Å². The second kappa shape index (κ2) is 5.20. The molecule has 0 bridgehead atoms. The van der Waals surface area contributed by atoms with Crippen LogP contribution in [-0.4, -0.2) is 31.4 Å². The molecule has 0 saturated carbocycles. The van der Waals surface area contributed by atoms with Gasteiger partial charge in [0.2, 0.25) is 0 Å². The highest BCUT2D eigenvalue weighted by Gasteiger charge is 2.37. The zero-order valence-corrected chi connectivity index (χ0v) is 10.6. The summed E-state index contributed by atoms with van der Waals surface area (Å²) >= 11 is 0. The molecule has 1 heterocycles.